The molecule has 0 amide bonds. The second kappa shape index (κ2) is 8.97. The second-order valence-corrected chi connectivity index (χ2v) is 5.48. The van der Waals surface area contributed by atoms with Crippen molar-refractivity contribution >= 4 is 23.7 Å². The molecule has 0 aliphatic heterocycles. The van der Waals surface area contributed by atoms with Gasteiger partial charge in [0.25, 0.3) is 0 Å². The first kappa shape index (κ1) is 18.6. The van der Waals surface area contributed by atoms with Crippen molar-refractivity contribution in [2.24, 2.45) is 0 Å². The number of carbonyl (C=O) groups is 1. The lowest BCUT2D eigenvalue weighted by atomic mass is 10.5. The number of esters is 1. The molecule has 25 heavy (non-hydrogen) atoms. The van der Waals surface area contributed by atoms with Gasteiger partial charge in [-0.15, -0.1) is 10.2 Å². The van der Waals surface area contributed by atoms with Crippen molar-refractivity contribution in [3.8, 4) is 17.8 Å². The third-order valence-electron chi connectivity index (χ3n) is 2.62. The van der Waals surface area contributed by atoms with E-state index in [0.717, 1.165) is 0 Å². The molecule has 2 rings (SSSR count). The standard InChI is InChI=1S/C14H18N6O4S/c1-5-22-11(21)8-23-9-6-7-10(19-18-9)24-13-15-12(20(2)3)16-14(17-13)25-4/h6-7H,5,8H2,1-4H3. The zero-order chi connectivity index (χ0) is 18.2. The molecule has 0 saturated carbocycles. The van der Waals surface area contributed by atoms with Crippen LogP contribution in [0.3, 0.4) is 0 Å². The number of carbonyl (C=O) groups excluding carboxylic acids is 1. The summed E-state index contributed by atoms with van der Waals surface area (Å²) in [6.45, 7) is 1.77. The van der Waals surface area contributed by atoms with Gasteiger partial charge in [0.15, 0.2) is 11.8 Å². The molecule has 0 atom stereocenters. The summed E-state index contributed by atoms with van der Waals surface area (Å²) in [5.41, 5.74) is 0. The van der Waals surface area contributed by atoms with Crippen molar-refractivity contribution in [3.05, 3.63) is 12.1 Å². The van der Waals surface area contributed by atoms with E-state index < -0.39 is 5.97 Å². The van der Waals surface area contributed by atoms with E-state index in [4.69, 9.17) is 14.2 Å². The lowest BCUT2D eigenvalue weighted by Gasteiger charge is -2.11. The number of nitrogens with zero attached hydrogens (tertiary/aromatic N) is 6. The third kappa shape index (κ3) is 5.71. The van der Waals surface area contributed by atoms with Crippen LogP contribution in [0.5, 0.6) is 17.8 Å². The van der Waals surface area contributed by atoms with Gasteiger partial charge in [0.2, 0.25) is 17.7 Å². The smallest absolute Gasteiger partial charge is 0.344 e. The zero-order valence-electron chi connectivity index (χ0n) is 14.3. The summed E-state index contributed by atoms with van der Waals surface area (Å²) >= 11 is 1.37. The fourth-order valence-corrected chi connectivity index (χ4v) is 1.88. The second-order valence-electron chi connectivity index (χ2n) is 4.70. The molecule has 0 saturated heterocycles. The minimum Gasteiger partial charge on any atom is -0.465 e. The minimum absolute atomic E-state index is 0.109. The SMILES string of the molecule is CCOC(=O)COc1ccc(Oc2nc(SC)nc(N(C)C)n2)nn1. The molecule has 134 valence electrons. The van der Waals surface area contributed by atoms with E-state index in [1.807, 2.05) is 20.4 Å². The molecule has 0 aromatic carbocycles. The molecule has 0 unspecified atom stereocenters. The first-order chi connectivity index (χ1) is 12.0. The molecular formula is C14H18N6O4S. The van der Waals surface area contributed by atoms with Gasteiger partial charge < -0.3 is 19.1 Å². The zero-order valence-corrected chi connectivity index (χ0v) is 15.1. The Hall–Kier alpha value is -2.69. The highest BCUT2D eigenvalue weighted by Gasteiger charge is 2.11. The summed E-state index contributed by atoms with van der Waals surface area (Å²) in [6, 6.07) is 3.16. The van der Waals surface area contributed by atoms with E-state index in [1.54, 1.807) is 11.8 Å². The molecule has 2 aromatic rings. The van der Waals surface area contributed by atoms with Gasteiger partial charge in [0.1, 0.15) is 0 Å². The number of anilines is 1. The van der Waals surface area contributed by atoms with Crippen LogP contribution in [0.1, 0.15) is 6.92 Å². The van der Waals surface area contributed by atoms with Gasteiger partial charge in [-0.1, -0.05) is 11.8 Å². The average Bonchev–Trinajstić information content (AvgIpc) is 2.61. The Morgan fingerprint density at radius 1 is 1.16 bits per heavy atom. The minimum atomic E-state index is -0.476. The van der Waals surface area contributed by atoms with E-state index in [2.05, 4.69) is 25.1 Å². The van der Waals surface area contributed by atoms with Crippen LogP contribution in [-0.2, 0) is 9.53 Å². The molecule has 0 bridgehead atoms. The first-order valence-corrected chi connectivity index (χ1v) is 8.51. The highest BCUT2D eigenvalue weighted by molar-refractivity contribution is 7.98. The summed E-state index contributed by atoms with van der Waals surface area (Å²) in [6.07, 6.45) is 1.86. The Morgan fingerprint density at radius 2 is 1.88 bits per heavy atom. The molecule has 2 aromatic heterocycles. The van der Waals surface area contributed by atoms with E-state index in [1.165, 1.54) is 23.9 Å². The number of hydrogen-bond donors (Lipinski definition) is 0. The van der Waals surface area contributed by atoms with Crippen LogP contribution >= 0.6 is 11.8 Å². The highest BCUT2D eigenvalue weighted by Crippen LogP contribution is 2.21. The Kier molecular flexibility index (Phi) is 6.69. The molecule has 2 heterocycles. The summed E-state index contributed by atoms with van der Waals surface area (Å²) < 4.78 is 15.4. The summed E-state index contributed by atoms with van der Waals surface area (Å²) in [7, 11) is 3.64. The van der Waals surface area contributed by atoms with E-state index in [0.29, 0.717) is 17.7 Å². The molecule has 0 N–H and O–H groups in total. The summed E-state index contributed by atoms with van der Waals surface area (Å²) in [5.74, 6) is 0.355. The van der Waals surface area contributed by atoms with Gasteiger partial charge in [0.05, 0.1) is 6.61 Å². The Morgan fingerprint density at radius 3 is 2.48 bits per heavy atom. The van der Waals surface area contributed by atoms with Crippen molar-refractivity contribution in [1.82, 2.24) is 25.1 Å². The molecule has 0 spiro atoms. The number of ether oxygens (including phenoxy) is 3. The van der Waals surface area contributed by atoms with Crippen LogP contribution in [0, 0.1) is 0 Å². The van der Waals surface area contributed by atoms with E-state index >= 15 is 0 Å². The van der Waals surface area contributed by atoms with Gasteiger partial charge in [-0.05, 0) is 13.2 Å². The summed E-state index contributed by atoms with van der Waals surface area (Å²) in [4.78, 5) is 25.6. The predicted molar refractivity (Wildman–Crippen MR) is 90.2 cm³/mol. The van der Waals surface area contributed by atoms with Crippen molar-refractivity contribution in [2.45, 2.75) is 12.1 Å². The van der Waals surface area contributed by atoms with Crippen LogP contribution in [0.2, 0.25) is 0 Å². The van der Waals surface area contributed by atoms with Gasteiger partial charge in [0, 0.05) is 26.2 Å². The Balaban J connectivity index is 2.03. The van der Waals surface area contributed by atoms with Crippen molar-refractivity contribution < 1.29 is 19.0 Å². The van der Waals surface area contributed by atoms with Crippen LogP contribution < -0.4 is 14.4 Å². The lowest BCUT2D eigenvalue weighted by Crippen LogP contribution is -2.15. The maximum atomic E-state index is 11.2. The largest absolute Gasteiger partial charge is 0.465 e. The first-order valence-electron chi connectivity index (χ1n) is 7.29. The van der Waals surface area contributed by atoms with Gasteiger partial charge in [-0.2, -0.15) is 15.0 Å². The molecule has 10 nitrogen and oxygen atoms in total. The lowest BCUT2D eigenvalue weighted by molar-refractivity contribution is -0.145. The third-order valence-corrected chi connectivity index (χ3v) is 3.17. The highest BCUT2D eigenvalue weighted by atomic mass is 32.2. The predicted octanol–water partition coefficient (Wildman–Crippen LogP) is 1.18. The van der Waals surface area contributed by atoms with E-state index in [-0.39, 0.29) is 24.4 Å². The van der Waals surface area contributed by atoms with Crippen LogP contribution in [0.25, 0.3) is 0 Å². The molecule has 0 aliphatic rings. The van der Waals surface area contributed by atoms with Crippen LogP contribution in [-0.4, -0.2) is 64.7 Å². The van der Waals surface area contributed by atoms with Crippen LogP contribution in [0.15, 0.2) is 17.3 Å². The molecule has 0 fully saturated rings. The monoisotopic (exact) mass is 366 g/mol. The van der Waals surface area contributed by atoms with Crippen molar-refractivity contribution in [1.29, 1.82) is 0 Å². The molecule has 11 heteroatoms. The maximum Gasteiger partial charge on any atom is 0.344 e. The van der Waals surface area contributed by atoms with E-state index in [9.17, 15) is 4.79 Å². The number of rotatable bonds is 8. The Labute approximate surface area is 148 Å². The average molecular weight is 366 g/mol. The quantitative estimate of drug-likeness (QED) is 0.496. The normalized spacial score (nSPS) is 10.2. The molecular weight excluding hydrogens is 348 g/mol. The molecule has 0 aliphatic carbocycles. The van der Waals surface area contributed by atoms with Crippen LogP contribution in [0.4, 0.5) is 5.95 Å². The Bertz CT molecular complexity index is 713. The van der Waals surface area contributed by atoms with Gasteiger partial charge in [-0.25, -0.2) is 4.79 Å². The number of hydrogen-bond acceptors (Lipinski definition) is 11. The van der Waals surface area contributed by atoms with Gasteiger partial charge in [-0.3, -0.25) is 0 Å². The molecule has 0 radical (unpaired) electrons. The fourth-order valence-electron chi connectivity index (χ4n) is 1.53. The van der Waals surface area contributed by atoms with Crippen molar-refractivity contribution in [3.63, 3.8) is 0 Å². The number of aromatic nitrogens is 5. The fraction of sp³-hybridized carbons (Fsp3) is 0.429. The number of thioether (sulfide) groups is 1. The topological polar surface area (TPSA) is 112 Å². The summed E-state index contributed by atoms with van der Waals surface area (Å²) in [5, 5.41) is 8.20. The van der Waals surface area contributed by atoms with Crippen molar-refractivity contribution in [2.75, 3.05) is 38.5 Å². The maximum absolute atomic E-state index is 11.2. The van der Waals surface area contributed by atoms with Gasteiger partial charge >= 0.3 is 12.0 Å².